The lowest BCUT2D eigenvalue weighted by atomic mass is 9.46. The minimum atomic E-state index is -1.80. The molecule has 2 aliphatic carbocycles. The van der Waals surface area contributed by atoms with E-state index in [9.17, 15) is 21.0 Å². The van der Waals surface area contributed by atoms with Crippen LogP contribution in [-0.2, 0) is 4.74 Å². The SMILES string of the molecule is N#CC1(C#N)[C@@H]2C3=C(CCCC3)[C@H](O[C@H]2c2ccccc2)C1(C#N)C#N. The number of hydrogen-bond donors (Lipinski definition) is 0. The van der Waals surface area contributed by atoms with Crippen molar-refractivity contribution in [3.8, 4) is 24.3 Å². The van der Waals surface area contributed by atoms with E-state index in [2.05, 4.69) is 12.1 Å². The van der Waals surface area contributed by atoms with Crippen molar-refractivity contribution in [2.75, 3.05) is 0 Å². The molecule has 1 fully saturated rings. The molecule has 2 bridgehead atoms. The second kappa shape index (κ2) is 5.71. The van der Waals surface area contributed by atoms with Gasteiger partial charge >= 0.3 is 0 Å². The predicted octanol–water partition coefficient (Wildman–Crippen LogP) is 3.69. The Morgan fingerprint density at radius 2 is 1.38 bits per heavy atom. The molecule has 126 valence electrons. The van der Waals surface area contributed by atoms with Crippen molar-refractivity contribution < 1.29 is 4.74 Å². The Kier molecular flexibility index (Phi) is 3.59. The summed E-state index contributed by atoms with van der Waals surface area (Å²) in [5, 5.41) is 40.0. The van der Waals surface area contributed by atoms with Crippen molar-refractivity contribution in [2.24, 2.45) is 16.7 Å². The van der Waals surface area contributed by atoms with Crippen LogP contribution >= 0.6 is 0 Å². The van der Waals surface area contributed by atoms with Crippen LogP contribution in [0.2, 0.25) is 0 Å². The fourth-order valence-corrected chi connectivity index (χ4v) is 4.97. The molecule has 1 aromatic carbocycles. The maximum Gasteiger partial charge on any atom is 0.205 e. The summed E-state index contributed by atoms with van der Waals surface area (Å²) in [6, 6.07) is 17.8. The van der Waals surface area contributed by atoms with Crippen LogP contribution in [0, 0.1) is 62.1 Å². The van der Waals surface area contributed by atoms with Crippen LogP contribution < -0.4 is 0 Å². The number of nitrogens with zero attached hydrogens (tertiary/aromatic N) is 4. The Labute approximate surface area is 152 Å². The van der Waals surface area contributed by atoms with Crippen LogP contribution in [0.3, 0.4) is 0 Å². The van der Waals surface area contributed by atoms with E-state index in [4.69, 9.17) is 4.74 Å². The molecule has 1 aromatic rings. The lowest BCUT2D eigenvalue weighted by Gasteiger charge is -2.57. The van der Waals surface area contributed by atoms with Gasteiger partial charge in [0.1, 0.15) is 6.10 Å². The third-order valence-electron chi connectivity index (χ3n) is 6.15. The molecule has 1 saturated heterocycles. The summed E-state index contributed by atoms with van der Waals surface area (Å²) in [5.74, 6) is -0.598. The Hall–Kier alpha value is -3.12. The summed E-state index contributed by atoms with van der Waals surface area (Å²) in [7, 11) is 0. The first-order chi connectivity index (χ1) is 12.7. The molecule has 3 atom stereocenters. The largest absolute Gasteiger partial charge is 0.362 e. The zero-order chi connectivity index (χ0) is 18.4. The van der Waals surface area contributed by atoms with Crippen molar-refractivity contribution in [3.05, 3.63) is 47.0 Å². The van der Waals surface area contributed by atoms with Gasteiger partial charge in [-0.3, -0.25) is 0 Å². The number of hydrogen-bond acceptors (Lipinski definition) is 5. The van der Waals surface area contributed by atoms with Crippen LogP contribution in [0.15, 0.2) is 41.5 Å². The monoisotopic (exact) mass is 340 g/mol. The van der Waals surface area contributed by atoms with E-state index in [0.29, 0.717) is 0 Å². The molecular weight excluding hydrogens is 324 g/mol. The molecule has 0 amide bonds. The average molecular weight is 340 g/mol. The summed E-state index contributed by atoms with van der Waals surface area (Å²) in [4.78, 5) is 0. The number of nitriles is 4. The number of fused-ring (bicyclic) bond motifs is 2. The van der Waals surface area contributed by atoms with Gasteiger partial charge < -0.3 is 4.74 Å². The molecule has 0 saturated carbocycles. The molecule has 2 heterocycles. The third-order valence-corrected chi connectivity index (χ3v) is 6.15. The molecule has 0 aromatic heterocycles. The minimum Gasteiger partial charge on any atom is -0.362 e. The molecule has 2 aliphatic heterocycles. The van der Waals surface area contributed by atoms with Crippen molar-refractivity contribution in [1.82, 2.24) is 0 Å². The highest BCUT2D eigenvalue weighted by molar-refractivity contribution is 5.52. The van der Waals surface area contributed by atoms with Gasteiger partial charge in [-0.2, -0.15) is 21.0 Å². The van der Waals surface area contributed by atoms with Crippen molar-refractivity contribution in [3.63, 3.8) is 0 Å². The van der Waals surface area contributed by atoms with Gasteiger partial charge in [0.05, 0.1) is 30.4 Å². The highest BCUT2D eigenvalue weighted by Crippen LogP contribution is 2.66. The van der Waals surface area contributed by atoms with Crippen LogP contribution in [0.25, 0.3) is 0 Å². The quantitative estimate of drug-likeness (QED) is 0.725. The zero-order valence-corrected chi connectivity index (χ0v) is 14.1. The number of rotatable bonds is 1. The van der Waals surface area contributed by atoms with Gasteiger partial charge in [-0.1, -0.05) is 35.9 Å². The van der Waals surface area contributed by atoms with Crippen LogP contribution in [0.1, 0.15) is 37.4 Å². The highest BCUT2D eigenvalue weighted by Gasteiger charge is 2.73. The van der Waals surface area contributed by atoms with Gasteiger partial charge in [0.2, 0.25) is 5.41 Å². The lowest BCUT2D eigenvalue weighted by molar-refractivity contribution is -0.159. The molecule has 0 radical (unpaired) electrons. The molecule has 5 nitrogen and oxygen atoms in total. The molecule has 5 heteroatoms. The summed E-state index contributed by atoms with van der Waals surface area (Å²) in [6.45, 7) is 0. The second-order valence-corrected chi connectivity index (χ2v) is 7.15. The topological polar surface area (TPSA) is 104 Å². The molecule has 5 rings (SSSR count). The minimum absolute atomic E-state index is 0.493. The van der Waals surface area contributed by atoms with Gasteiger partial charge in [0, 0.05) is 5.92 Å². The first kappa shape index (κ1) is 16.4. The van der Waals surface area contributed by atoms with E-state index in [1.165, 1.54) is 0 Å². The number of ether oxygens (including phenoxy) is 1. The summed E-state index contributed by atoms with van der Waals surface area (Å²) < 4.78 is 6.29. The Bertz CT molecular complexity index is 923. The van der Waals surface area contributed by atoms with Gasteiger partial charge in [-0.25, -0.2) is 0 Å². The van der Waals surface area contributed by atoms with Gasteiger partial charge in [-0.15, -0.1) is 0 Å². The van der Waals surface area contributed by atoms with E-state index in [0.717, 1.165) is 42.4 Å². The fourth-order valence-electron chi connectivity index (χ4n) is 4.97. The van der Waals surface area contributed by atoms with Crippen LogP contribution in [-0.4, -0.2) is 6.10 Å². The standard InChI is InChI=1S/C21H16N4O/c22-10-20(11-23)17-15-8-4-5-9-16(15)19(21(20,12-24)13-25)26-18(17)14-6-2-1-3-7-14/h1-3,6-7,17-19H,4-5,8-9H2/t17-,18+,19+/m1/s1. The van der Waals surface area contributed by atoms with E-state index < -0.39 is 29.0 Å². The Balaban J connectivity index is 2.02. The molecular formula is C21H16N4O. The van der Waals surface area contributed by atoms with E-state index >= 15 is 0 Å². The fraction of sp³-hybridized carbons (Fsp3) is 0.429. The van der Waals surface area contributed by atoms with E-state index in [1.54, 1.807) is 0 Å². The lowest BCUT2D eigenvalue weighted by Crippen LogP contribution is -2.63. The molecule has 26 heavy (non-hydrogen) atoms. The maximum absolute atomic E-state index is 10.1. The highest BCUT2D eigenvalue weighted by atomic mass is 16.5. The first-order valence-corrected chi connectivity index (χ1v) is 8.76. The van der Waals surface area contributed by atoms with Crippen molar-refractivity contribution in [2.45, 2.75) is 37.9 Å². The maximum atomic E-state index is 10.1. The normalized spacial score (nSPS) is 30.2. The summed E-state index contributed by atoms with van der Waals surface area (Å²) in [6.07, 6.45) is 2.19. The third kappa shape index (κ3) is 1.74. The Morgan fingerprint density at radius 3 is 1.96 bits per heavy atom. The van der Waals surface area contributed by atoms with Gasteiger partial charge in [-0.05, 0) is 36.8 Å². The number of benzene rings is 1. The van der Waals surface area contributed by atoms with Gasteiger partial charge in [0.25, 0.3) is 0 Å². The summed E-state index contributed by atoms with van der Waals surface area (Å²) >= 11 is 0. The van der Waals surface area contributed by atoms with E-state index in [-0.39, 0.29) is 0 Å². The molecule has 0 N–H and O–H groups in total. The predicted molar refractivity (Wildman–Crippen MR) is 90.4 cm³/mol. The second-order valence-electron chi connectivity index (χ2n) is 7.15. The van der Waals surface area contributed by atoms with Gasteiger partial charge in [0.15, 0.2) is 5.41 Å². The smallest absolute Gasteiger partial charge is 0.205 e. The van der Waals surface area contributed by atoms with Crippen LogP contribution in [0.5, 0.6) is 0 Å². The van der Waals surface area contributed by atoms with E-state index in [1.807, 2.05) is 42.5 Å². The average Bonchev–Trinajstić information content (AvgIpc) is 2.73. The first-order valence-electron chi connectivity index (χ1n) is 8.76. The van der Waals surface area contributed by atoms with Crippen molar-refractivity contribution >= 4 is 0 Å². The van der Waals surface area contributed by atoms with Crippen molar-refractivity contribution in [1.29, 1.82) is 21.0 Å². The zero-order valence-electron chi connectivity index (χ0n) is 14.1. The summed E-state index contributed by atoms with van der Waals surface area (Å²) in [5.41, 5.74) is -0.638. The molecule has 0 spiro atoms. The molecule has 0 unspecified atom stereocenters. The molecule has 4 aliphatic rings. The Morgan fingerprint density at radius 1 is 0.808 bits per heavy atom. The van der Waals surface area contributed by atoms with Crippen LogP contribution in [0.4, 0.5) is 0 Å².